The molecule has 8 heteroatoms. The van der Waals surface area contributed by atoms with Gasteiger partial charge in [0.2, 0.25) is 5.91 Å². The second kappa shape index (κ2) is 7.79. The summed E-state index contributed by atoms with van der Waals surface area (Å²) < 4.78 is 0. The highest BCUT2D eigenvalue weighted by molar-refractivity contribution is 8.00. The molecule has 1 heterocycles. The summed E-state index contributed by atoms with van der Waals surface area (Å²) in [4.78, 5) is 23.1. The molecule has 2 rings (SSSR count). The third-order valence-corrected chi connectivity index (χ3v) is 4.69. The van der Waals surface area contributed by atoms with E-state index in [9.17, 15) is 9.59 Å². The van der Waals surface area contributed by atoms with E-state index in [0.29, 0.717) is 24.5 Å². The van der Waals surface area contributed by atoms with Crippen LogP contribution in [0.25, 0.3) is 0 Å². The van der Waals surface area contributed by atoms with Gasteiger partial charge in [-0.2, -0.15) is 5.11 Å². The van der Waals surface area contributed by atoms with Gasteiger partial charge < -0.3 is 16.0 Å². The number of amides is 3. The van der Waals surface area contributed by atoms with Crippen molar-refractivity contribution in [3.63, 3.8) is 0 Å². The van der Waals surface area contributed by atoms with Gasteiger partial charge in [-0.3, -0.25) is 4.79 Å². The van der Waals surface area contributed by atoms with E-state index in [-0.39, 0.29) is 23.2 Å². The number of hydrogen-bond acceptors (Lipinski definition) is 5. The van der Waals surface area contributed by atoms with E-state index in [1.54, 1.807) is 12.1 Å². The fourth-order valence-electron chi connectivity index (χ4n) is 1.99. The van der Waals surface area contributed by atoms with Crippen molar-refractivity contribution in [2.75, 3.05) is 12.3 Å². The average molecular weight is 321 g/mol. The number of thioether (sulfide) groups is 1. The van der Waals surface area contributed by atoms with Crippen LogP contribution in [0.15, 0.2) is 29.4 Å². The van der Waals surface area contributed by atoms with E-state index in [2.05, 4.69) is 21.1 Å². The zero-order chi connectivity index (χ0) is 15.9. The second-order valence-corrected chi connectivity index (χ2v) is 6.25. The largest absolute Gasteiger partial charge is 0.351 e. The number of urea groups is 1. The Morgan fingerprint density at radius 3 is 2.86 bits per heavy atom. The van der Waals surface area contributed by atoms with Crippen LogP contribution in [0.4, 0.5) is 10.5 Å². The Morgan fingerprint density at radius 2 is 2.18 bits per heavy atom. The molecular weight excluding hydrogens is 302 g/mol. The van der Waals surface area contributed by atoms with Crippen molar-refractivity contribution in [3.8, 4) is 0 Å². The highest BCUT2D eigenvalue weighted by atomic mass is 32.2. The Labute approximate surface area is 133 Å². The predicted molar refractivity (Wildman–Crippen MR) is 85.0 cm³/mol. The number of hydrogen-bond donors (Lipinski definition) is 4. The number of nitrogens with zero attached hydrogens (tertiary/aromatic N) is 1. The first-order valence-corrected chi connectivity index (χ1v) is 8.02. The summed E-state index contributed by atoms with van der Waals surface area (Å²) in [5, 5.41) is 11.6. The first-order chi connectivity index (χ1) is 10.6. The molecule has 118 valence electrons. The average Bonchev–Trinajstić information content (AvgIpc) is 2.54. The number of carbonyl (C=O) groups excluding carboxylic acids is 2. The lowest BCUT2D eigenvalue weighted by atomic mass is 10.1. The topological polar surface area (TPSA) is 106 Å². The fourth-order valence-corrected chi connectivity index (χ4v) is 3.04. The Kier molecular flexibility index (Phi) is 5.76. The Bertz CT molecular complexity index is 549. The molecule has 0 aliphatic carbocycles. The molecule has 2 unspecified atom stereocenters. The monoisotopic (exact) mass is 321 g/mol. The van der Waals surface area contributed by atoms with E-state index >= 15 is 0 Å². The van der Waals surface area contributed by atoms with Crippen molar-refractivity contribution >= 4 is 29.4 Å². The minimum Gasteiger partial charge on any atom is -0.351 e. The summed E-state index contributed by atoms with van der Waals surface area (Å²) in [5.74, 6) is 0.506. The Balaban J connectivity index is 1.73. The van der Waals surface area contributed by atoms with Gasteiger partial charge in [-0.15, -0.1) is 11.8 Å². The molecule has 1 fully saturated rings. The number of nitrogens with one attached hydrogen (secondary N) is 4. The number of rotatable bonds is 6. The summed E-state index contributed by atoms with van der Waals surface area (Å²) >= 11 is 1.43. The molecule has 1 aliphatic rings. The number of carbonyl (C=O) groups is 2. The van der Waals surface area contributed by atoms with Crippen LogP contribution in [0.3, 0.4) is 0 Å². The van der Waals surface area contributed by atoms with Crippen LogP contribution >= 0.6 is 11.8 Å². The second-order valence-electron chi connectivity index (χ2n) is 5.12. The summed E-state index contributed by atoms with van der Waals surface area (Å²) in [6.45, 7) is 3.09. The highest BCUT2D eigenvalue weighted by Gasteiger charge is 2.25. The maximum absolute atomic E-state index is 11.9. The van der Waals surface area contributed by atoms with Gasteiger partial charge in [-0.05, 0) is 17.7 Å². The lowest BCUT2D eigenvalue weighted by Crippen LogP contribution is -2.52. The summed E-state index contributed by atoms with van der Waals surface area (Å²) in [7, 11) is 0. The summed E-state index contributed by atoms with van der Waals surface area (Å²) in [6.07, 6.45) is 0. The minimum absolute atomic E-state index is 0.0440. The summed E-state index contributed by atoms with van der Waals surface area (Å²) in [5.41, 5.74) is 8.42. The lowest BCUT2D eigenvalue weighted by molar-refractivity contribution is -0.118. The maximum Gasteiger partial charge on any atom is 0.315 e. The van der Waals surface area contributed by atoms with Crippen molar-refractivity contribution < 1.29 is 9.59 Å². The van der Waals surface area contributed by atoms with Crippen molar-refractivity contribution in [2.24, 2.45) is 11.0 Å². The van der Waals surface area contributed by atoms with Gasteiger partial charge in [0.05, 0.1) is 16.8 Å². The molecule has 7 nitrogen and oxygen atoms in total. The van der Waals surface area contributed by atoms with Gasteiger partial charge in [0.25, 0.3) is 0 Å². The molecule has 3 amide bonds. The van der Waals surface area contributed by atoms with Gasteiger partial charge in [0.15, 0.2) is 0 Å². The molecule has 0 radical (unpaired) electrons. The first kappa shape index (κ1) is 16.3. The summed E-state index contributed by atoms with van der Waals surface area (Å²) in [6, 6.07) is 6.94. The molecule has 0 bridgehead atoms. The zero-order valence-corrected chi connectivity index (χ0v) is 13.1. The molecule has 22 heavy (non-hydrogen) atoms. The van der Waals surface area contributed by atoms with E-state index < -0.39 is 0 Å². The lowest BCUT2D eigenvalue weighted by Gasteiger charge is -2.29. The quantitative estimate of drug-likeness (QED) is 0.602. The van der Waals surface area contributed by atoms with Crippen LogP contribution in [0.5, 0.6) is 0 Å². The van der Waals surface area contributed by atoms with Crippen LogP contribution in [-0.4, -0.2) is 29.6 Å². The maximum atomic E-state index is 11.9. The molecule has 1 aliphatic heterocycles. The third-order valence-electron chi connectivity index (χ3n) is 3.32. The number of benzene rings is 1. The van der Waals surface area contributed by atoms with Gasteiger partial charge in [0, 0.05) is 19.0 Å². The molecule has 4 N–H and O–H groups in total. The van der Waals surface area contributed by atoms with Crippen molar-refractivity contribution in [1.82, 2.24) is 16.0 Å². The normalized spacial score (nSPS) is 20.7. The Hall–Kier alpha value is -2.09. The molecular formula is C14H19N5O2S. The van der Waals surface area contributed by atoms with E-state index in [0.717, 1.165) is 5.56 Å². The van der Waals surface area contributed by atoms with Crippen molar-refractivity contribution in [1.29, 1.82) is 5.53 Å². The smallest absolute Gasteiger partial charge is 0.315 e. The van der Waals surface area contributed by atoms with Crippen LogP contribution in [0, 0.1) is 11.4 Å². The van der Waals surface area contributed by atoms with Crippen molar-refractivity contribution in [3.05, 3.63) is 29.8 Å². The molecule has 2 atom stereocenters. The standard InChI is InChI=1S/C14H19N5O2S/c1-9-6-17-14(21)18-13(9)22-8-12(20)16-7-10-2-4-11(19-15)5-3-10/h2-5,9,13,15H,6-8H2,1H3,(H,16,20)(H2,17,18,21). The first-order valence-electron chi connectivity index (χ1n) is 6.97. The fraction of sp³-hybridized carbons (Fsp3) is 0.429. The van der Waals surface area contributed by atoms with Crippen LogP contribution in [0.2, 0.25) is 0 Å². The van der Waals surface area contributed by atoms with Crippen LogP contribution < -0.4 is 16.0 Å². The van der Waals surface area contributed by atoms with Gasteiger partial charge in [-0.1, -0.05) is 19.1 Å². The molecule has 1 saturated heterocycles. The van der Waals surface area contributed by atoms with Crippen LogP contribution in [-0.2, 0) is 11.3 Å². The molecule has 0 aromatic heterocycles. The van der Waals surface area contributed by atoms with Gasteiger partial charge in [-0.25, -0.2) is 10.3 Å². The SMILES string of the molecule is CC1CNC(=O)NC1SCC(=O)NCc1ccc(N=N)cc1. The van der Waals surface area contributed by atoms with E-state index in [1.165, 1.54) is 11.8 Å². The third kappa shape index (κ3) is 4.73. The minimum atomic E-state index is -0.184. The molecule has 0 saturated carbocycles. The van der Waals surface area contributed by atoms with Crippen LogP contribution in [0.1, 0.15) is 12.5 Å². The predicted octanol–water partition coefficient (Wildman–Crippen LogP) is 1.97. The molecule has 1 aromatic rings. The van der Waals surface area contributed by atoms with E-state index in [4.69, 9.17) is 5.53 Å². The zero-order valence-electron chi connectivity index (χ0n) is 12.3. The van der Waals surface area contributed by atoms with E-state index in [1.807, 2.05) is 19.1 Å². The van der Waals surface area contributed by atoms with Crippen molar-refractivity contribution in [2.45, 2.75) is 18.8 Å². The van der Waals surface area contributed by atoms with Gasteiger partial charge in [0.1, 0.15) is 0 Å². The Morgan fingerprint density at radius 1 is 1.45 bits per heavy atom. The highest BCUT2D eigenvalue weighted by Crippen LogP contribution is 2.19. The molecule has 1 aromatic carbocycles. The van der Waals surface area contributed by atoms with Gasteiger partial charge >= 0.3 is 6.03 Å². The molecule has 0 spiro atoms.